The van der Waals surface area contributed by atoms with Crippen molar-refractivity contribution >= 4 is 28.6 Å². The summed E-state index contributed by atoms with van der Waals surface area (Å²) in [6.07, 6.45) is 5.48. The summed E-state index contributed by atoms with van der Waals surface area (Å²) in [4.78, 5) is 30.6. The number of hydrogen-bond donors (Lipinski definition) is 1. The number of carbonyl (C=O) groups is 1. The lowest BCUT2D eigenvalue weighted by molar-refractivity contribution is -0.119. The van der Waals surface area contributed by atoms with E-state index in [1.165, 1.54) is 35.7 Å². The minimum Gasteiger partial charge on any atom is -0.382 e. The first kappa shape index (κ1) is 24.5. The second kappa shape index (κ2) is 11.7. The number of aryl methyl sites for hydroxylation is 2. The molecule has 0 spiro atoms. The van der Waals surface area contributed by atoms with Gasteiger partial charge in [0, 0.05) is 19.8 Å². The third-order valence-electron chi connectivity index (χ3n) is 6.28. The Bertz CT molecular complexity index is 1210. The Morgan fingerprint density at radius 3 is 2.79 bits per heavy atom. The fraction of sp³-hybridized carbons (Fsp3) is 0.444. The number of nitrogens with zero attached hydrogens (tertiary/aromatic N) is 2. The van der Waals surface area contributed by atoms with Crippen LogP contribution in [0, 0.1) is 0 Å². The molecule has 1 aliphatic rings. The van der Waals surface area contributed by atoms with Crippen LogP contribution in [0.5, 0.6) is 0 Å². The molecule has 4 rings (SSSR count). The number of amides is 1. The van der Waals surface area contributed by atoms with Crippen LogP contribution < -0.4 is 10.9 Å². The normalized spacial score (nSPS) is 14.1. The first-order valence-corrected chi connectivity index (χ1v) is 13.2. The topological polar surface area (TPSA) is 73.2 Å². The molecule has 1 N–H and O–H groups in total. The molecule has 180 valence electrons. The van der Waals surface area contributed by atoms with Crippen LogP contribution in [0.1, 0.15) is 55.8 Å². The Labute approximate surface area is 205 Å². The Hall–Kier alpha value is -2.64. The molecule has 0 saturated carbocycles. The van der Waals surface area contributed by atoms with Crippen LogP contribution in [0.2, 0.25) is 0 Å². The van der Waals surface area contributed by atoms with Gasteiger partial charge in [-0.3, -0.25) is 14.2 Å². The molecular weight excluding hydrogens is 446 g/mol. The van der Waals surface area contributed by atoms with E-state index in [4.69, 9.17) is 9.72 Å². The van der Waals surface area contributed by atoms with E-state index in [9.17, 15) is 9.59 Å². The van der Waals surface area contributed by atoms with E-state index in [0.717, 1.165) is 18.4 Å². The van der Waals surface area contributed by atoms with Gasteiger partial charge in [-0.2, -0.15) is 0 Å². The van der Waals surface area contributed by atoms with Crippen LogP contribution in [0.3, 0.4) is 0 Å². The molecule has 0 saturated heterocycles. The first-order valence-electron chi connectivity index (χ1n) is 12.2. The van der Waals surface area contributed by atoms with Crippen LogP contribution in [0.4, 0.5) is 0 Å². The number of hydrogen-bond acceptors (Lipinski definition) is 5. The number of nitrogens with one attached hydrogen (secondary N) is 1. The van der Waals surface area contributed by atoms with Gasteiger partial charge >= 0.3 is 0 Å². The highest BCUT2D eigenvalue weighted by atomic mass is 32.2. The third kappa shape index (κ3) is 5.88. The zero-order chi connectivity index (χ0) is 23.9. The van der Waals surface area contributed by atoms with Crippen molar-refractivity contribution in [2.75, 3.05) is 19.0 Å². The predicted octanol–water partition coefficient (Wildman–Crippen LogP) is 4.67. The fourth-order valence-corrected chi connectivity index (χ4v) is 5.28. The highest BCUT2D eigenvalue weighted by molar-refractivity contribution is 7.99. The summed E-state index contributed by atoms with van der Waals surface area (Å²) in [6, 6.07) is 13.9. The minimum atomic E-state index is -0.0765. The molecule has 1 atom stereocenters. The summed E-state index contributed by atoms with van der Waals surface area (Å²) < 4.78 is 7.11. The predicted molar refractivity (Wildman–Crippen MR) is 137 cm³/mol. The lowest BCUT2D eigenvalue weighted by atomic mass is 9.89. The number of thioether (sulfide) groups is 1. The van der Waals surface area contributed by atoms with Crippen LogP contribution in [-0.4, -0.2) is 34.4 Å². The molecule has 0 bridgehead atoms. The lowest BCUT2D eigenvalue weighted by Crippen LogP contribution is -2.29. The molecule has 1 aromatic heterocycles. The van der Waals surface area contributed by atoms with E-state index < -0.39 is 0 Å². The summed E-state index contributed by atoms with van der Waals surface area (Å²) >= 11 is 1.31. The van der Waals surface area contributed by atoms with Crippen molar-refractivity contribution in [1.82, 2.24) is 14.9 Å². The van der Waals surface area contributed by atoms with Crippen molar-refractivity contribution in [3.63, 3.8) is 0 Å². The molecule has 34 heavy (non-hydrogen) atoms. The second-order valence-corrected chi connectivity index (χ2v) is 9.67. The number of carbonyl (C=O) groups excluding carboxylic acids is 1. The van der Waals surface area contributed by atoms with Crippen molar-refractivity contribution in [1.29, 1.82) is 0 Å². The average Bonchev–Trinajstić information content (AvgIpc) is 2.86. The lowest BCUT2D eigenvalue weighted by Gasteiger charge is -2.20. The molecule has 7 heteroatoms. The summed E-state index contributed by atoms with van der Waals surface area (Å²) in [5.41, 5.74) is 4.56. The van der Waals surface area contributed by atoms with Gasteiger partial charge in [0.25, 0.3) is 5.56 Å². The van der Waals surface area contributed by atoms with Gasteiger partial charge in [0.2, 0.25) is 5.91 Å². The van der Waals surface area contributed by atoms with E-state index in [0.29, 0.717) is 42.2 Å². The van der Waals surface area contributed by atoms with Crippen LogP contribution in [-0.2, 0) is 28.9 Å². The zero-order valence-corrected chi connectivity index (χ0v) is 20.8. The van der Waals surface area contributed by atoms with Crippen molar-refractivity contribution < 1.29 is 9.53 Å². The SMILES string of the molecule is CCOCCCn1c(SCC(=O)NC(C)c2ccc3c(c2)CCCC3)nc2ccccc2c1=O. The maximum atomic E-state index is 13.1. The molecule has 1 aliphatic carbocycles. The van der Waals surface area contributed by atoms with Crippen molar-refractivity contribution in [2.45, 2.75) is 63.7 Å². The number of rotatable bonds is 10. The van der Waals surface area contributed by atoms with Crippen molar-refractivity contribution in [3.8, 4) is 0 Å². The minimum absolute atomic E-state index is 0.0708. The van der Waals surface area contributed by atoms with Gasteiger partial charge in [0.15, 0.2) is 5.16 Å². The van der Waals surface area contributed by atoms with Gasteiger partial charge < -0.3 is 10.1 Å². The third-order valence-corrected chi connectivity index (χ3v) is 7.26. The highest BCUT2D eigenvalue weighted by Crippen LogP contribution is 2.25. The monoisotopic (exact) mass is 479 g/mol. The van der Waals surface area contributed by atoms with Crippen molar-refractivity contribution in [3.05, 3.63) is 69.5 Å². The van der Waals surface area contributed by atoms with Gasteiger partial charge in [-0.05, 0) is 74.8 Å². The Balaban J connectivity index is 1.44. The molecule has 0 radical (unpaired) electrons. The van der Waals surface area contributed by atoms with Gasteiger partial charge in [0.1, 0.15) is 0 Å². The summed E-state index contributed by atoms with van der Waals surface area (Å²) in [5, 5.41) is 4.27. The summed E-state index contributed by atoms with van der Waals surface area (Å²) in [5.74, 6) is 0.129. The number of para-hydroxylation sites is 1. The average molecular weight is 480 g/mol. The Morgan fingerprint density at radius 2 is 1.97 bits per heavy atom. The van der Waals surface area contributed by atoms with E-state index >= 15 is 0 Å². The largest absolute Gasteiger partial charge is 0.382 e. The highest BCUT2D eigenvalue weighted by Gasteiger charge is 2.16. The van der Waals surface area contributed by atoms with Crippen LogP contribution >= 0.6 is 11.8 Å². The fourth-order valence-electron chi connectivity index (χ4n) is 4.44. The quantitative estimate of drug-likeness (QED) is 0.260. The molecule has 3 aromatic rings. The number of fused-ring (bicyclic) bond motifs is 2. The smallest absolute Gasteiger partial charge is 0.262 e. The molecule has 0 aliphatic heterocycles. The molecule has 0 fully saturated rings. The van der Waals surface area contributed by atoms with E-state index in [1.54, 1.807) is 10.6 Å². The molecule has 1 amide bonds. The zero-order valence-electron chi connectivity index (χ0n) is 20.0. The molecule has 1 heterocycles. The molecule has 2 aromatic carbocycles. The number of ether oxygens (including phenoxy) is 1. The van der Waals surface area contributed by atoms with E-state index in [-0.39, 0.29) is 23.3 Å². The molecular formula is C27H33N3O3S. The molecule has 6 nitrogen and oxygen atoms in total. The van der Waals surface area contributed by atoms with Crippen LogP contribution in [0.15, 0.2) is 52.4 Å². The summed E-state index contributed by atoms with van der Waals surface area (Å²) in [6.45, 7) is 5.71. The van der Waals surface area contributed by atoms with Gasteiger partial charge in [0.05, 0.1) is 22.7 Å². The standard InChI is InChI=1S/C27H33N3O3S/c1-3-33-16-8-15-30-26(32)23-11-6-7-12-24(23)29-27(30)34-18-25(31)28-19(2)21-14-13-20-9-4-5-10-22(20)17-21/h6-7,11-14,17,19H,3-5,8-10,15-16,18H2,1-2H3,(H,28,31). The van der Waals surface area contributed by atoms with Gasteiger partial charge in [-0.1, -0.05) is 42.1 Å². The van der Waals surface area contributed by atoms with Gasteiger partial charge in [-0.15, -0.1) is 0 Å². The van der Waals surface area contributed by atoms with Crippen LogP contribution in [0.25, 0.3) is 10.9 Å². The maximum absolute atomic E-state index is 13.1. The summed E-state index contributed by atoms with van der Waals surface area (Å²) in [7, 11) is 0. The molecule has 1 unspecified atom stereocenters. The van der Waals surface area contributed by atoms with Crippen molar-refractivity contribution in [2.24, 2.45) is 0 Å². The Kier molecular flexibility index (Phi) is 8.40. The number of aromatic nitrogens is 2. The number of benzene rings is 2. The van der Waals surface area contributed by atoms with E-state index in [2.05, 4.69) is 23.5 Å². The first-order chi connectivity index (χ1) is 16.6. The Morgan fingerprint density at radius 1 is 1.18 bits per heavy atom. The maximum Gasteiger partial charge on any atom is 0.262 e. The second-order valence-electron chi connectivity index (χ2n) is 8.73. The van der Waals surface area contributed by atoms with E-state index in [1.807, 2.05) is 32.0 Å². The van der Waals surface area contributed by atoms with Gasteiger partial charge in [-0.25, -0.2) is 4.98 Å².